The molecule has 4 amide bonds. The Morgan fingerprint density at radius 3 is 1.75 bits per heavy atom. The number of aliphatic carboxylic acids is 3. The largest absolute Gasteiger partial charge is 0.481 e. The molecular formula is C17H27N5O10. The van der Waals surface area contributed by atoms with Gasteiger partial charge in [-0.15, -0.1) is 0 Å². The van der Waals surface area contributed by atoms with Gasteiger partial charge < -0.3 is 42.7 Å². The number of carbonyl (C=O) groups is 7. The number of carbonyl (C=O) groups excluding carboxylic acids is 4. The molecule has 180 valence electrons. The van der Waals surface area contributed by atoms with Crippen molar-refractivity contribution in [2.75, 3.05) is 0 Å². The zero-order chi connectivity index (χ0) is 25.0. The first-order chi connectivity index (χ1) is 14.7. The number of primary amides is 1. The highest BCUT2D eigenvalue weighted by Crippen LogP contribution is 2.03. The zero-order valence-electron chi connectivity index (χ0n) is 17.2. The van der Waals surface area contributed by atoms with Gasteiger partial charge in [-0.3, -0.25) is 33.6 Å². The average Bonchev–Trinajstić information content (AvgIpc) is 2.67. The van der Waals surface area contributed by atoms with Crippen molar-refractivity contribution in [3.05, 3.63) is 0 Å². The van der Waals surface area contributed by atoms with Crippen LogP contribution >= 0.6 is 0 Å². The van der Waals surface area contributed by atoms with E-state index in [4.69, 9.17) is 26.8 Å². The monoisotopic (exact) mass is 461 g/mol. The smallest absolute Gasteiger partial charge is 0.325 e. The van der Waals surface area contributed by atoms with E-state index in [1.165, 1.54) is 0 Å². The van der Waals surface area contributed by atoms with E-state index in [9.17, 15) is 33.6 Å². The number of rotatable bonds is 15. The first kappa shape index (κ1) is 28.2. The van der Waals surface area contributed by atoms with Gasteiger partial charge in [-0.05, 0) is 19.8 Å². The second-order valence-corrected chi connectivity index (χ2v) is 6.83. The number of nitrogens with one attached hydrogen (secondary N) is 3. The summed E-state index contributed by atoms with van der Waals surface area (Å²) in [5.74, 6) is -7.99. The molecule has 0 aliphatic carbocycles. The molecule has 4 unspecified atom stereocenters. The second-order valence-electron chi connectivity index (χ2n) is 6.83. The lowest BCUT2D eigenvalue weighted by Gasteiger charge is -2.24. The second kappa shape index (κ2) is 13.5. The number of carboxylic acid groups (broad SMARTS) is 3. The molecule has 0 aliphatic heterocycles. The molecular weight excluding hydrogens is 434 g/mol. The van der Waals surface area contributed by atoms with Crippen molar-refractivity contribution in [3.8, 4) is 0 Å². The SMILES string of the molecule is CC(NC(=O)C(CC(=O)O)NC(=O)C(CCC(N)=O)NC(=O)C(N)CCC(=O)O)C(=O)O. The van der Waals surface area contributed by atoms with E-state index in [2.05, 4.69) is 10.6 Å². The van der Waals surface area contributed by atoms with Crippen LogP contribution in [0.1, 0.15) is 39.0 Å². The fraction of sp³-hybridized carbons (Fsp3) is 0.588. The van der Waals surface area contributed by atoms with Crippen LogP contribution in [0.15, 0.2) is 0 Å². The highest BCUT2D eigenvalue weighted by atomic mass is 16.4. The Balaban J connectivity index is 5.41. The quantitative estimate of drug-likeness (QED) is 0.118. The van der Waals surface area contributed by atoms with Crippen molar-refractivity contribution in [1.82, 2.24) is 16.0 Å². The van der Waals surface area contributed by atoms with E-state index in [-0.39, 0.29) is 19.3 Å². The van der Waals surface area contributed by atoms with Crippen molar-refractivity contribution in [1.29, 1.82) is 0 Å². The third-order valence-electron chi connectivity index (χ3n) is 4.06. The van der Waals surface area contributed by atoms with Crippen molar-refractivity contribution in [2.45, 2.75) is 63.2 Å². The number of hydrogen-bond acceptors (Lipinski definition) is 8. The van der Waals surface area contributed by atoms with Crippen LogP contribution < -0.4 is 27.4 Å². The first-order valence-corrected chi connectivity index (χ1v) is 9.36. The van der Waals surface area contributed by atoms with E-state index in [0.717, 1.165) is 6.92 Å². The van der Waals surface area contributed by atoms with Gasteiger partial charge in [0.15, 0.2) is 0 Å². The molecule has 10 N–H and O–H groups in total. The third kappa shape index (κ3) is 11.4. The highest BCUT2D eigenvalue weighted by Gasteiger charge is 2.31. The summed E-state index contributed by atoms with van der Waals surface area (Å²) in [5, 5.41) is 32.8. The van der Waals surface area contributed by atoms with Crippen molar-refractivity contribution < 1.29 is 48.9 Å². The maximum Gasteiger partial charge on any atom is 0.325 e. The Morgan fingerprint density at radius 2 is 1.28 bits per heavy atom. The fourth-order valence-electron chi connectivity index (χ4n) is 2.28. The first-order valence-electron chi connectivity index (χ1n) is 9.36. The molecule has 32 heavy (non-hydrogen) atoms. The zero-order valence-corrected chi connectivity index (χ0v) is 17.2. The number of amides is 4. The van der Waals surface area contributed by atoms with Crippen molar-refractivity contribution in [2.24, 2.45) is 11.5 Å². The van der Waals surface area contributed by atoms with Crippen LogP contribution in [-0.4, -0.2) is 81.0 Å². The van der Waals surface area contributed by atoms with Gasteiger partial charge in [0.1, 0.15) is 18.1 Å². The Kier molecular flexibility index (Phi) is 11.9. The lowest BCUT2D eigenvalue weighted by Crippen LogP contribution is -2.57. The maximum absolute atomic E-state index is 12.6. The summed E-state index contributed by atoms with van der Waals surface area (Å²) in [6.07, 6.45) is -2.27. The molecule has 15 nitrogen and oxygen atoms in total. The van der Waals surface area contributed by atoms with E-state index in [0.29, 0.717) is 0 Å². The molecule has 0 radical (unpaired) electrons. The van der Waals surface area contributed by atoms with Gasteiger partial charge in [0.05, 0.1) is 12.5 Å². The summed E-state index contributed by atoms with van der Waals surface area (Å²) < 4.78 is 0. The minimum atomic E-state index is -1.70. The molecule has 0 rings (SSSR count). The lowest BCUT2D eigenvalue weighted by molar-refractivity contribution is -0.143. The molecule has 0 spiro atoms. The van der Waals surface area contributed by atoms with Gasteiger partial charge in [0.25, 0.3) is 0 Å². The molecule has 15 heteroatoms. The van der Waals surface area contributed by atoms with E-state index in [1.54, 1.807) is 0 Å². The van der Waals surface area contributed by atoms with E-state index in [1.807, 2.05) is 5.32 Å². The average molecular weight is 461 g/mol. The van der Waals surface area contributed by atoms with Crippen LogP contribution in [0, 0.1) is 0 Å². The van der Waals surface area contributed by atoms with Crippen LogP contribution in [0.2, 0.25) is 0 Å². The summed E-state index contributed by atoms with van der Waals surface area (Å²) in [5.41, 5.74) is 10.6. The van der Waals surface area contributed by atoms with Crippen molar-refractivity contribution >= 4 is 41.5 Å². The molecule has 0 saturated heterocycles. The van der Waals surface area contributed by atoms with Gasteiger partial charge in [0, 0.05) is 12.8 Å². The van der Waals surface area contributed by atoms with Gasteiger partial charge in [-0.25, -0.2) is 0 Å². The maximum atomic E-state index is 12.6. The van der Waals surface area contributed by atoms with Gasteiger partial charge >= 0.3 is 17.9 Å². The van der Waals surface area contributed by atoms with E-state index >= 15 is 0 Å². The van der Waals surface area contributed by atoms with Crippen molar-refractivity contribution in [3.63, 3.8) is 0 Å². The molecule has 0 fully saturated rings. The van der Waals surface area contributed by atoms with Crippen LogP contribution in [-0.2, 0) is 33.6 Å². The highest BCUT2D eigenvalue weighted by molar-refractivity contribution is 5.95. The Hall–Kier alpha value is -3.75. The molecule has 0 aromatic heterocycles. The number of hydrogen-bond donors (Lipinski definition) is 8. The van der Waals surface area contributed by atoms with Gasteiger partial charge in [-0.2, -0.15) is 0 Å². The predicted octanol–water partition coefficient (Wildman–Crippen LogP) is -3.52. The Morgan fingerprint density at radius 1 is 0.750 bits per heavy atom. The summed E-state index contributed by atoms with van der Waals surface area (Å²) in [4.78, 5) is 80.6. The number of nitrogens with two attached hydrogens (primary N) is 2. The lowest BCUT2D eigenvalue weighted by atomic mass is 10.1. The Bertz CT molecular complexity index is 756. The fourth-order valence-corrected chi connectivity index (χ4v) is 2.28. The minimum Gasteiger partial charge on any atom is -0.481 e. The third-order valence-corrected chi connectivity index (χ3v) is 4.06. The predicted molar refractivity (Wildman–Crippen MR) is 105 cm³/mol. The standard InChI is InChI=1S/C17H27N5O10/c1-7(17(31)32)20-16(30)10(6-13(26)27)22-15(29)9(3-4-11(19)23)21-14(28)8(18)2-5-12(24)25/h7-10H,2-6,18H2,1H3,(H2,19,23)(H,20,30)(H,21,28)(H,22,29)(H,24,25)(H,26,27)(H,31,32). The summed E-state index contributed by atoms with van der Waals surface area (Å²) >= 11 is 0. The summed E-state index contributed by atoms with van der Waals surface area (Å²) in [6.45, 7) is 1.12. The van der Waals surface area contributed by atoms with E-state index < -0.39 is 78.5 Å². The molecule has 0 aromatic carbocycles. The molecule has 0 aliphatic rings. The molecule has 4 atom stereocenters. The normalized spacial score (nSPS) is 14.2. The summed E-state index contributed by atoms with van der Waals surface area (Å²) in [7, 11) is 0. The van der Waals surface area contributed by atoms with Crippen LogP contribution in [0.4, 0.5) is 0 Å². The minimum absolute atomic E-state index is 0.248. The molecule has 0 heterocycles. The number of carboxylic acids is 3. The molecule has 0 saturated carbocycles. The molecule has 0 bridgehead atoms. The van der Waals surface area contributed by atoms with Crippen LogP contribution in [0.25, 0.3) is 0 Å². The molecule has 0 aromatic rings. The topological polar surface area (TPSA) is 268 Å². The van der Waals surface area contributed by atoms with Crippen LogP contribution in [0.3, 0.4) is 0 Å². The summed E-state index contributed by atoms with van der Waals surface area (Å²) in [6, 6.07) is -5.85. The van der Waals surface area contributed by atoms with Gasteiger partial charge in [-0.1, -0.05) is 0 Å². The van der Waals surface area contributed by atoms with Gasteiger partial charge in [0.2, 0.25) is 23.6 Å². The van der Waals surface area contributed by atoms with Crippen LogP contribution in [0.5, 0.6) is 0 Å². The Labute approximate surface area is 181 Å².